The van der Waals surface area contributed by atoms with Gasteiger partial charge in [0.2, 0.25) is 0 Å². The van der Waals surface area contributed by atoms with Crippen LogP contribution >= 0.6 is 0 Å². The molecule has 2 heterocycles. The van der Waals surface area contributed by atoms with E-state index in [-0.39, 0.29) is 0 Å². The SMILES string of the molecule is NC(=O)/C(=C\c1cccnc1)c1ccn[nH]1. The van der Waals surface area contributed by atoms with E-state index in [9.17, 15) is 4.79 Å². The van der Waals surface area contributed by atoms with Gasteiger partial charge in [0, 0.05) is 18.6 Å². The van der Waals surface area contributed by atoms with Crippen molar-refractivity contribution >= 4 is 17.6 Å². The summed E-state index contributed by atoms with van der Waals surface area (Å²) in [7, 11) is 0. The van der Waals surface area contributed by atoms with E-state index in [0.29, 0.717) is 11.3 Å². The third kappa shape index (κ3) is 2.14. The third-order valence-electron chi connectivity index (χ3n) is 2.05. The van der Waals surface area contributed by atoms with Crippen LogP contribution in [0.15, 0.2) is 36.8 Å². The smallest absolute Gasteiger partial charge is 0.250 e. The zero-order chi connectivity index (χ0) is 11.4. The molecular formula is C11H10N4O. The van der Waals surface area contributed by atoms with Gasteiger partial charge in [-0.05, 0) is 23.8 Å². The molecule has 3 N–H and O–H groups in total. The highest BCUT2D eigenvalue weighted by molar-refractivity contribution is 6.22. The number of pyridine rings is 1. The summed E-state index contributed by atoms with van der Waals surface area (Å²) in [6.45, 7) is 0. The molecule has 0 aliphatic heterocycles. The summed E-state index contributed by atoms with van der Waals surface area (Å²) < 4.78 is 0. The summed E-state index contributed by atoms with van der Waals surface area (Å²) in [6.07, 6.45) is 6.55. The molecule has 0 bridgehead atoms. The highest BCUT2D eigenvalue weighted by Gasteiger charge is 2.09. The molecule has 0 unspecified atom stereocenters. The summed E-state index contributed by atoms with van der Waals surface area (Å²) in [4.78, 5) is 15.2. The lowest BCUT2D eigenvalue weighted by atomic mass is 10.1. The first-order chi connectivity index (χ1) is 7.77. The lowest BCUT2D eigenvalue weighted by Gasteiger charge is -1.99. The molecule has 80 valence electrons. The van der Waals surface area contributed by atoms with E-state index in [4.69, 9.17) is 5.73 Å². The number of carbonyl (C=O) groups is 1. The first-order valence-electron chi connectivity index (χ1n) is 4.68. The van der Waals surface area contributed by atoms with Crippen LogP contribution in [0.3, 0.4) is 0 Å². The average molecular weight is 214 g/mol. The zero-order valence-electron chi connectivity index (χ0n) is 8.42. The van der Waals surface area contributed by atoms with Crippen LogP contribution in [0.25, 0.3) is 11.6 Å². The van der Waals surface area contributed by atoms with E-state index in [1.54, 1.807) is 36.8 Å². The van der Waals surface area contributed by atoms with E-state index in [2.05, 4.69) is 15.2 Å². The maximum atomic E-state index is 11.3. The van der Waals surface area contributed by atoms with Crippen LogP contribution in [0, 0.1) is 0 Å². The zero-order valence-corrected chi connectivity index (χ0v) is 8.42. The Balaban J connectivity index is 2.42. The fourth-order valence-corrected chi connectivity index (χ4v) is 1.32. The molecule has 2 aromatic rings. The average Bonchev–Trinajstić information content (AvgIpc) is 2.80. The number of nitrogens with two attached hydrogens (primary N) is 1. The Morgan fingerprint density at radius 2 is 2.25 bits per heavy atom. The van der Waals surface area contributed by atoms with Crippen LogP contribution in [0.2, 0.25) is 0 Å². The van der Waals surface area contributed by atoms with Crippen LogP contribution < -0.4 is 5.73 Å². The lowest BCUT2D eigenvalue weighted by Crippen LogP contribution is -2.13. The molecule has 0 fully saturated rings. The van der Waals surface area contributed by atoms with Gasteiger partial charge in [-0.2, -0.15) is 5.10 Å². The maximum absolute atomic E-state index is 11.3. The van der Waals surface area contributed by atoms with Crippen molar-refractivity contribution in [3.63, 3.8) is 0 Å². The van der Waals surface area contributed by atoms with E-state index in [0.717, 1.165) is 5.56 Å². The Hall–Kier alpha value is -2.43. The molecule has 0 aromatic carbocycles. The number of hydrogen-bond acceptors (Lipinski definition) is 3. The molecule has 16 heavy (non-hydrogen) atoms. The number of nitrogens with zero attached hydrogens (tertiary/aromatic N) is 2. The van der Waals surface area contributed by atoms with Gasteiger partial charge < -0.3 is 5.73 Å². The number of aromatic nitrogens is 3. The number of rotatable bonds is 3. The van der Waals surface area contributed by atoms with Crippen LogP contribution in [0.1, 0.15) is 11.3 Å². The molecule has 2 aromatic heterocycles. The Kier molecular flexibility index (Phi) is 2.77. The van der Waals surface area contributed by atoms with Crippen LogP contribution in [-0.2, 0) is 4.79 Å². The molecule has 0 saturated carbocycles. The molecule has 0 radical (unpaired) electrons. The number of aromatic amines is 1. The minimum Gasteiger partial charge on any atom is -0.366 e. The number of carbonyl (C=O) groups excluding carboxylic acids is 1. The molecule has 5 nitrogen and oxygen atoms in total. The highest BCUT2D eigenvalue weighted by atomic mass is 16.1. The Labute approximate surface area is 92.0 Å². The van der Waals surface area contributed by atoms with Gasteiger partial charge in [0.15, 0.2) is 0 Å². The minimum absolute atomic E-state index is 0.380. The predicted octanol–water partition coefficient (Wildman–Crippen LogP) is 0.831. The number of nitrogens with one attached hydrogen (secondary N) is 1. The summed E-state index contributed by atoms with van der Waals surface area (Å²) in [5.41, 5.74) is 7.09. The van der Waals surface area contributed by atoms with Crippen molar-refractivity contribution in [3.8, 4) is 0 Å². The quantitative estimate of drug-likeness (QED) is 0.742. The van der Waals surface area contributed by atoms with Crippen molar-refractivity contribution in [2.75, 3.05) is 0 Å². The summed E-state index contributed by atoms with van der Waals surface area (Å²) in [5.74, 6) is -0.506. The number of hydrogen-bond donors (Lipinski definition) is 2. The van der Waals surface area contributed by atoms with Crippen LogP contribution in [-0.4, -0.2) is 21.1 Å². The van der Waals surface area contributed by atoms with Gasteiger partial charge >= 0.3 is 0 Å². The van der Waals surface area contributed by atoms with Gasteiger partial charge in [-0.25, -0.2) is 0 Å². The van der Waals surface area contributed by atoms with Gasteiger partial charge in [0.1, 0.15) is 0 Å². The number of primary amides is 1. The number of H-pyrrole nitrogens is 1. The van der Waals surface area contributed by atoms with E-state index in [1.807, 2.05) is 6.07 Å². The van der Waals surface area contributed by atoms with Gasteiger partial charge in [0.25, 0.3) is 5.91 Å². The highest BCUT2D eigenvalue weighted by Crippen LogP contribution is 2.14. The van der Waals surface area contributed by atoms with E-state index in [1.165, 1.54) is 0 Å². The van der Waals surface area contributed by atoms with E-state index >= 15 is 0 Å². The second kappa shape index (κ2) is 4.39. The van der Waals surface area contributed by atoms with Gasteiger partial charge in [-0.15, -0.1) is 0 Å². The summed E-state index contributed by atoms with van der Waals surface area (Å²) >= 11 is 0. The normalized spacial score (nSPS) is 11.4. The van der Waals surface area contributed by atoms with Crippen molar-refractivity contribution in [2.45, 2.75) is 0 Å². The van der Waals surface area contributed by atoms with Crippen molar-refractivity contribution in [2.24, 2.45) is 5.73 Å². The molecule has 0 aliphatic rings. The molecule has 5 heteroatoms. The Morgan fingerprint density at radius 1 is 1.38 bits per heavy atom. The minimum atomic E-state index is -0.506. The predicted molar refractivity (Wildman–Crippen MR) is 59.9 cm³/mol. The molecule has 0 saturated heterocycles. The van der Waals surface area contributed by atoms with E-state index < -0.39 is 5.91 Å². The Bertz CT molecular complexity index is 502. The van der Waals surface area contributed by atoms with Crippen LogP contribution in [0.4, 0.5) is 0 Å². The summed E-state index contributed by atoms with van der Waals surface area (Å²) in [6, 6.07) is 5.32. The second-order valence-corrected chi connectivity index (χ2v) is 3.18. The molecule has 0 atom stereocenters. The Morgan fingerprint density at radius 3 is 2.81 bits per heavy atom. The maximum Gasteiger partial charge on any atom is 0.250 e. The first-order valence-corrected chi connectivity index (χ1v) is 4.68. The molecule has 1 amide bonds. The second-order valence-electron chi connectivity index (χ2n) is 3.18. The lowest BCUT2D eigenvalue weighted by molar-refractivity contribution is -0.112. The van der Waals surface area contributed by atoms with Gasteiger partial charge in [-0.1, -0.05) is 6.07 Å². The molecular weight excluding hydrogens is 204 g/mol. The van der Waals surface area contributed by atoms with Gasteiger partial charge in [-0.3, -0.25) is 14.9 Å². The fraction of sp³-hybridized carbons (Fsp3) is 0. The molecule has 2 rings (SSSR count). The fourth-order valence-electron chi connectivity index (χ4n) is 1.32. The largest absolute Gasteiger partial charge is 0.366 e. The first kappa shape index (κ1) is 10.1. The van der Waals surface area contributed by atoms with Crippen molar-refractivity contribution in [1.29, 1.82) is 0 Å². The number of amides is 1. The van der Waals surface area contributed by atoms with Crippen molar-refractivity contribution in [3.05, 3.63) is 48.0 Å². The standard InChI is InChI=1S/C11H10N4O/c12-11(16)9(10-3-5-14-15-10)6-8-2-1-4-13-7-8/h1-7H,(H2,12,16)(H,14,15)/b9-6-. The molecule has 0 aliphatic carbocycles. The third-order valence-corrected chi connectivity index (χ3v) is 2.05. The monoisotopic (exact) mass is 214 g/mol. The molecule has 0 spiro atoms. The van der Waals surface area contributed by atoms with Crippen molar-refractivity contribution in [1.82, 2.24) is 15.2 Å². The topological polar surface area (TPSA) is 84.7 Å². The van der Waals surface area contributed by atoms with Gasteiger partial charge in [0.05, 0.1) is 11.3 Å². The van der Waals surface area contributed by atoms with Crippen molar-refractivity contribution < 1.29 is 4.79 Å². The van der Waals surface area contributed by atoms with Crippen LogP contribution in [0.5, 0.6) is 0 Å². The summed E-state index contributed by atoms with van der Waals surface area (Å²) in [5, 5.41) is 6.48.